The van der Waals surface area contributed by atoms with Gasteiger partial charge >= 0.3 is 6.03 Å². The number of hydrogen-bond donors (Lipinski definition) is 3. The average Bonchev–Trinajstić information content (AvgIpc) is 2.96. The van der Waals surface area contributed by atoms with Crippen LogP contribution >= 0.6 is 0 Å². The van der Waals surface area contributed by atoms with Gasteiger partial charge in [0.05, 0.1) is 18.2 Å². The monoisotopic (exact) mass is 280 g/mol. The van der Waals surface area contributed by atoms with Gasteiger partial charge in [0.2, 0.25) is 0 Å². The number of carbonyl (C=O) groups is 1. The van der Waals surface area contributed by atoms with E-state index < -0.39 is 5.54 Å². The van der Waals surface area contributed by atoms with Crippen LogP contribution in [0.1, 0.15) is 55.7 Å². The third-order valence-electron chi connectivity index (χ3n) is 4.14. The highest BCUT2D eigenvalue weighted by Gasteiger charge is 2.34. The lowest BCUT2D eigenvalue weighted by atomic mass is 9.99. The normalized spacial score (nSPS) is 18.8. The van der Waals surface area contributed by atoms with Gasteiger partial charge in [-0.25, -0.2) is 4.79 Å². The Kier molecular flexibility index (Phi) is 4.38. The number of furan rings is 1. The maximum atomic E-state index is 12.1. The van der Waals surface area contributed by atoms with Gasteiger partial charge in [-0.05, 0) is 39.7 Å². The molecule has 0 aromatic carbocycles. The zero-order valence-electron chi connectivity index (χ0n) is 12.5. The van der Waals surface area contributed by atoms with Crippen molar-refractivity contribution in [1.82, 2.24) is 10.6 Å². The molecule has 1 unspecified atom stereocenters. The molecule has 1 fully saturated rings. The molecule has 2 rings (SSSR count). The van der Waals surface area contributed by atoms with Crippen molar-refractivity contribution in [3.05, 3.63) is 23.2 Å². The molecule has 1 saturated carbocycles. The quantitative estimate of drug-likeness (QED) is 0.793. The van der Waals surface area contributed by atoms with Crippen molar-refractivity contribution in [1.29, 1.82) is 0 Å². The second kappa shape index (κ2) is 5.87. The molecule has 0 aliphatic heterocycles. The van der Waals surface area contributed by atoms with Crippen molar-refractivity contribution in [2.24, 2.45) is 0 Å². The molecule has 3 N–H and O–H groups in total. The molecule has 5 nitrogen and oxygen atoms in total. The minimum atomic E-state index is -0.439. The second-order valence-electron chi connectivity index (χ2n) is 5.83. The topological polar surface area (TPSA) is 74.5 Å². The summed E-state index contributed by atoms with van der Waals surface area (Å²) >= 11 is 0. The van der Waals surface area contributed by atoms with Crippen molar-refractivity contribution < 1.29 is 14.3 Å². The van der Waals surface area contributed by atoms with Crippen LogP contribution in [0.4, 0.5) is 4.79 Å². The Morgan fingerprint density at radius 2 is 2.10 bits per heavy atom. The third kappa shape index (κ3) is 3.15. The van der Waals surface area contributed by atoms with Crippen LogP contribution in [0.3, 0.4) is 0 Å². The number of rotatable bonds is 4. The van der Waals surface area contributed by atoms with Gasteiger partial charge in [0, 0.05) is 5.56 Å². The SMILES string of the molecule is Cc1cc(C(C)NC(=O)NC2(CO)CCCC2)c(C)o1. The van der Waals surface area contributed by atoms with E-state index in [1.54, 1.807) is 0 Å². The molecular formula is C15H24N2O3. The van der Waals surface area contributed by atoms with Gasteiger partial charge in [-0.15, -0.1) is 0 Å². The maximum absolute atomic E-state index is 12.1. The number of aliphatic hydroxyl groups excluding tert-OH is 1. The van der Waals surface area contributed by atoms with E-state index in [-0.39, 0.29) is 18.7 Å². The molecule has 1 aromatic heterocycles. The van der Waals surface area contributed by atoms with Gasteiger partial charge in [-0.3, -0.25) is 0 Å². The van der Waals surface area contributed by atoms with Crippen LogP contribution < -0.4 is 10.6 Å². The number of nitrogens with one attached hydrogen (secondary N) is 2. The summed E-state index contributed by atoms with van der Waals surface area (Å²) in [5.41, 5.74) is 0.549. The number of urea groups is 1. The summed E-state index contributed by atoms with van der Waals surface area (Å²) in [7, 11) is 0. The van der Waals surface area contributed by atoms with Gasteiger partial charge in [-0.1, -0.05) is 12.8 Å². The molecule has 0 radical (unpaired) electrons. The van der Waals surface area contributed by atoms with Gasteiger partial charge in [0.1, 0.15) is 11.5 Å². The van der Waals surface area contributed by atoms with Gasteiger partial charge < -0.3 is 20.2 Å². The first-order valence-corrected chi connectivity index (χ1v) is 7.22. The minimum Gasteiger partial charge on any atom is -0.466 e. The summed E-state index contributed by atoms with van der Waals surface area (Å²) in [5.74, 6) is 1.67. The third-order valence-corrected chi connectivity index (χ3v) is 4.14. The predicted octanol–water partition coefficient (Wildman–Crippen LogP) is 2.56. The van der Waals surface area contributed by atoms with E-state index in [0.29, 0.717) is 0 Å². The number of aryl methyl sites for hydroxylation is 2. The first-order valence-electron chi connectivity index (χ1n) is 7.22. The molecule has 1 aliphatic carbocycles. The van der Waals surface area contributed by atoms with Crippen LogP contribution in [0.5, 0.6) is 0 Å². The number of aliphatic hydroxyl groups is 1. The highest BCUT2D eigenvalue weighted by molar-refractivity contribution is 5.75. The molecule has 0 saturated heterocycles. The molecule has 2 amide bonds. The van der Waals surface area contributed by atoms with Crippen molar-refractivity contribution in [2.45, 2.75) is 58.0 Å². The molecule has 20 heavy (non-hydrogen) atoms. The summed E-state index contributed by atoms with van der Waals surface area (Å²) in [6.45, 7) is 5.71. The molecule has 5 heteroatoms. The number of carbonyl (C=O) groups excluding carboxylic acids is 1. The lowest BCUT2D eigenvalue weighted by Gasteiger charge is -2.28. The summed E-state index contributed by atoms with van der Waals surface area (Å²) in [6, 6.07) is 1.59. The van der Waals surface area contributed by atoms with Crippen LogP contribution in [-0.2, 0) is 0 Å². The lowest BCUT2D eigenvalue weighted by molar-refractivity contribution is 0.162. The molecule has 1 aliphatic rings. The lowest BCUT2D eigenvalue weighted by Crippen LogP contribution is -2.53. The standard InChI is InChI=1S/C15H24N2O3/c1-10-8-13(12(3)20-10)11(2)16-14(19)17-15(9-18)6-4-5-7-15/h8,11,18H,4-7,9H2,1-3H3,(H2,16,17,19). The van der Waals surface area contributed by atoms with Crippen LogP contribution in [0.25, 0.3) is 0 Å². The first-order chi connectivity index (χ1) is 9.46. The Morgan fingerprint density at radius 1 is 1.45 bits per heavy atom. The van der Waals surface area contributed by atoms with E-state index in [1.165, 1.54) is 0 Å². The number of hydrogen-bond acceptors (Lipinski definition) is 3. The largest absolute Gasteiger partial charge is 0.466 e. The van der Waals surface area contributed by atoms with E-state index in [1.807, 2.05) is 26.8 Å². The molecule has 0 bridgehead atoms. The molecule has 0 spiro atoms. The van der Waals surface area contributed by atoms with E-state index in [4.69, 9.17) is 4.42 Å². The summed E-state index contributed by atoms with van der Waals surface area (Å²) < 4.78 is 5.48. The summed E-state index contributed by atoms with van der Waals surface area (Å²) in [4.78, 5) is 12.1. The van der Waals surface area contributed by atoms with Crippen LogP contribution in [0.2, 0.25) is 0 Å². The second-order valence-corrected chi connectivity index (χ2v) is 5.83. The Labute approximate surface area is 119 Å². The predicted molar refractivity (Wildman–Crippen MR) is 76.5 cm³/mol. The van der Waals surface area contributed by atoms with Crippen LogP contribution in [0.15, 0.2) is 10.5 Å². The van der Waals surface area contributed by atoms with Crippen molar-refractivity contribution in [2.75, 3.05) is 6.61 Å². The average molecular weight is 280 g/mol. The zero-order chi connectivity index (χ0) is 14.8. The van der Waals surface area contributed by atoms with Gasteiger partial charge in [0.15, 0.2) is 0 Å². The Bertz CT molecular complexity index is 475. The number of amides is 2. The van der Waals surface area contributed by atoms with E-state index in [2.05, 4.69) is 10.6 Å². The van der Waals surface area contributed by atoms with E-state index >= 15 is 0 Å². The minimum absolute atomic E-state index is 0.00134. The van der Waals surface area contributed by atoms with E-state index in [9.17, 15) is 9.90 Å². The molecule has 1 atom stereocenters. The smallest absolute Gasteiger partial charge is 0.315 e. The highest BCUT2D eigenvalue weighted by Crippen LogP contribution is 2.29. The van der Waals surface area contributed by atoms with Gasteiger partial charge in [-0.2, -0.15) is 0 Å². The molecule has 112 valence electrons. The van der Waals surface area contributed by atoms with Gasteiger partial charge in [0.25, 0.3) is 0 Å². The molecule has 1 heterocycles. The Morgan fingerprint density at radius 3 is 2.60 bits per heavy atom. The summed E-state index contributed by atoms with van der Waals surface area (Å²) in [5, 5.41) is 15.4. The van der Waals surface area contributed by atoms with Crippen molar-refractivity contribution in [3.63, 3.8) is 0 Å². The van der Waals surface area contributed by atoms with E-state index in [0.717, 1.165) is 42.8 Å². The Balaban J connectivity index is 1.95. The fraction of sp³-hybridized carbons (Fsp3) is 0.667. The van der Waals surface area contributed by atoms with Crippen LogP contribution in [0, 0.1) is 13.8 Å². The zero-order valence-corrected chi connectivity index (χ0v) is 12.5. The first kappa shape index (κ1) is 14.9. The van der Waals surface area contributed by atoms with Crippen molar-refractivity contribution in [3.8, 4) is 0 Å². The fourth-order valence-corrected chi connectivity index (χ4v) is 3.01. The fourth-order valence-electron chi connectivity index (χ4n) is 3.01. The Hall–Kier alpha value is -1.49. The summed E-state index contributed by atoms with van der Waals surface area (Å²) in [6.07, 6.45) is 3.79. The van der Waals surface area contributed by atoms with Crippen LogP contribution in [-0.4, -0.2) is 23.3 Å². The highest BCUT2D eigenvalue weighted by atomic mass is 16.3. The van der Waals surface area contributed by atoms with Crippen molar-refractivity contribution >= 4 is 6.03 Å². The molecule has 1 aromatic rings. The maximum Gasteiger partial charge on any atom is 0.315 e. The molecular weight excluding hydrogens is 256 g/mol.